The molecule has 0 spiro atoms. The van der Waals surface area contributed by atoms with Gasteiger partial charge in [-0.15, -0.1) is 0 Å². The molecule has 3 N–H and O–H groups in total. The number of likely N-dealkylation sites (tertiary alicyclic amines) is 1. The van der Waals surface area contributed by atoms with Gasteiger partial charge in [0.2, 0.25) is 0 Å². The summed E-state index contributed by atoms with van der Waals surface area (Å²) in [7, 11) is 0. The van der Waals surface area contributed by atoms with Crippen molar-refractivity contribution in [1.29, 1.82) is 0 Å². The van der Waals surface area contributed by atoms with Crippen molar-refractivity contribution in [2.75, 3.05) is 18.8 Å². The summed E-state index contributed by atoms with van der Waals surface area (Å²) in [6.45, 7) is 4.50. The topological polar surface area (TPSA) is 79.5 Å². The second-order valence-electron chi connectivity index (χ2n) is 5.01. The van der Waals surface area contributed by atoms with Gasteiger partial charge in [0.25, 0.3) is 5.91 Å². The average molecular weight is 270 g/mol. The van der Waals surface area contributed by atoms with Gasteiger partial charge in [0, 0.05) is 0 Å². The first-order valence-electron chi connectivity index (χ1n) is 5.76. The number of nitrogen functional groups attached to an aromatic ring is 1. The van der Waals surface area contributed by atoms with Gasteiger partial charge in [-0.1, -0.05) is 25.4 Å². The summed E-state index contributed by atoms with van der Waals surface area (Å²) >= 11 is 5.75. The van der Waals surface area contributed by atoms with E-state index in [4.69, 9.17) is 17.3 Å². The van der Waals surface area contributed by atoms with Gasteiger partial charge in [-0.25, -0.2) is 4.98 Å². The highest BCUT2D eigenvalue weighted by Gasteiger charge is 2.46. The summed E-state index contributed by atoms with van der Waals surface area (Å²) in [5.74, 6) is -0.109. The first-order chi connectivity index (χ1) is 8.33. The van der Waals surface area contributed by atoms with Gasteiger partial charge >= 0.3 is 0 Å². The van der Waals surface area contributed by atoms with Crippen LogP contribution < -0.4 is 5.73 Å². The monoisotopic (exact) mass is 269 g/mol. The van der Waals surface area contributed by atoms with Crippen molar-refractivity contribution >= 4 is 23.2 Å². The standard InChI is InChI=1S/C12H16ClN3O2/c1-7(2)12(18)5-16(6-12)11(17)8-3-10(13)15-4-9(8)14/h3-4,7,18H,5-6,14H2,1-2H3. The fraction of sp³-hybridized carbons (Fsp3) is 0.500. The molecule has 0 saturated carbocycles. The van der Waals surface area contributed by atoms with Gasteiger partial charge in [0.15, 0.2) is 0 Å². The van der Waals surface area contributed by atoms with Crippen molar-refractivity contribution in [1.82, 2.24) is 9.88 Å². The van der Waals surface area contributed by atoms with Crippen LogP contribution in [0.4, 0.5) is 5.69 Å². The fourth-order valence-corrected chi connectivity index (χ4v) is 2.08. The average Bonchev–Trinajstić information content (AvgIpc) is 2.27. The van der Waals surface area contributed by atoms with Crippen LogP contribution in [0.2, 0.25) is 5.15 Å². The van der Waals surface area contributed by atoms with Crippen LogP contribution in [0.3, 0.4) is 0 Å². The summed E-state index contributed by atoms with van der Waals surface area (Å²) in [4.78, 5) is 17.5. The largest absolute Gasteiger partial charge is 0.397 e. The Morgan fingerprint density at radius 1 is 1.61 bits per heavy atom. The van der Waals surface area contributed by atoms with Crippen LogP contribution in [-0.2, 0) is 0 Å². The predicted octanol–water partition coefficient (Wildman–Crippen LogP) is 1.16. The number of hydrogen-bond acceptors (Lipinski definition) is 4. The zero-order chi connectivity index (χ0) is 13.5. The first-order valence-corrected chi connectivity index (χ1v) is 6.14. The lowest BCUT2D eigenvalue weighted by molar-refractivity contribution is -0.110. The molecular formula is C12H16ClN3O2. The van der Waals surface area contributed by atoms with Crippen molar-refractivity contribution in [3.63, 3.8) is 0 Å². The molecule has 1 aliphatic rings. The van der Waals surface area contributed by atoms with E-state index in [1.165, 1.54) is 12.3 Å². The lowest BCUT2D eigenvalue weighted by atomic mass is 9.82. The molecule has 0 atom stereocenters. The van der Waals surface area contributed by atoms with E-state index in [0.717, 1.165) is 0 Å². The van der Waals surface area contributed by atoms with E-state index >= 15 is 0 Å². The van der Waals surface area contributed by atoms with Crippen LogP contribution in [-0.4, -0.2) is 39.6 Å². The van der Waals surface area contributed by atoms with E-state index in [1.807, 2.05) is 13.8 Å². The normalized spacial score (nSPS) is 17.7. The number of rotatable bonds is 2. The summed E-state index contributed by atoms with van der Waals surface area (Å²) in [5.41, 5.74) is 5.54. The third-order valence-corrected chi connectivity index (χ3v) is 3.63. The smallest absolute Gasteiger partial charge is 0.256 e. The number of anilines is 1. The molecule has 0 aliphatic carbocycles. The number of carbonyl (C=O) groups is 1. The van der Waals surface area contributed by atoms with Gasteiger partial charge in [0.05, 0.1) is 30.5 Å². The SMILES string of the molecule is CC(C)C1(O)CN(C(=O)c2cc(Cl)ncc2N)C1. The molecule has 0 bridgehead atoms. The van der Waals surface area contributed by atoms with Crippen LogP contribution >= 0.6 is 11.6 Å². The van der Waals surface area contributed by atoms with Crippen molar-refractivity contribution in [3.8, 4) is 0 Å². The molecule has 18 heavy (non-hydrogen) atoms. The van der Waals surface area contributed by atoms with Crippen LogP contribution in [0, 0.1) is 5.92 Å². The molecular weight excluding hydrogens is 254 g/mol. The minimum Gasteiger partial charge on any atom is -0.397 e. The molecule has 6 heteroatoms. The number of hydrogen-bond donors (Lipinski definition) is 2. The molecule has 5 nitrogen and oxygen atoms in total. The fourth-order valence-electron chi connectivity index (χ4n) is 1.92. The number of carbonyl (C=O) groups excluding carboxylic acids is 1. The predicted molar refractivity (Wildman–Crippen MR) is 69.4 cm³/mol. The van der Waals surface area contributed by atoms with E-state index in [0.29, 0.717) is 24.3 Å². The molecule has 2 rings (SSSR count). The summed E-state index contributed by atoms with van der Waals surface area (Å²) in [6.07, 6.45) is 1.37. The Hall–Kier alpha value is -1.33. The van der Waals surface area contributed by atoms with Gasteiger partial charge in [0.1, 0.15) is 10.8 Å². The van der Waals surface area contributed by atoms with Crippen molar-refractivity contribution in [2.45, 2.75) is 19.4 Å². The van der Waals surface area contributed by atoms with E-state index < -0.39 is 5.60 Å². The third kappa shape index (κ3) is 2.15. The number of nitrogens with zero attached hydrogens (tertiary/aromatic N) is 2. The van der Waals surface area contributed by atoms with Crippen molar-refractivity contribution in [2.24, 2.45) is 5.92 Å². The van der Waals surface area contributed by atoms with Crippen LogP contribution in [0.5, 0.6) is 0 Å². The number of aromatic nitrogens is 1. The van der Waals surface area contributed by atoms with Crippen LogP contribution in [0.25, 0.3) is 0 Å². The number of pyridine rings is 1. The van der Waals surface area contributed by atoms with Crippen LogP contribution in [0.15, 0.2) is 12.3 Å². The quantitative estimate of drug-likeness (QED) is 0.790. The lowest BCUT2D eigenvalue weighted by Gasteiger charge is -2.49. The minimum absolute atomic E-state index is 0.111. The zero-order valence-corrected chi connectivity index (χ0v) is 11.1. The Morgan fingerprint density at radius 3 is 2.78 bits per heavy atom. The summed E-state index contributed by atoms with van der Waals surface area (Å²) in [5, 5.41) is 10.3. The number of amides is 1. The molecule has 1 saturated heterocycles. The number of aliphatic hydroxyl groups is 1. The van der Waals surface area contributed by atoms with Crippen LogP contribution in [0.1, 0.15) is 24.2 Å². The second kappa shape index (κ2) is 4.40. The van der Waals surface area contributed by atoms with E-state index in [1.54, 1.807) is 4.90 Å². The summed E-state index contributed by atoms with van der Waals surface area (Å²) in [6, 6.07) is 1.45. The summed E-state index contributed by atoms with van der Waals surface area (Å²) < 4.78 is 0. The molecule has 0 aromatic carbocycles. The Labute approximate surface area is 111 Å². The first kappa shape index (κ1) is 13.1. The lowest BCUT2D eigenvalue weighted by Crippen LogP contribution is -2.66. The van der Waals surface area contributed by atoms with Gasteiger partial charge < -0.3 is 15.7 Å². The van der Waals surface area contributed by atoms with E-state index in [-0.39, 0.29) is 17.0 Å². The minimum atomic E-state index is -0.790. The maximum Gasteiger partial charge on any atom is 0.256 e. The highest BCUT2D eigenvalue weighted by atomic mass is 35.5. The molecule has 1 aromatic heterocycles. The highest BCUT2D eigenvalue weighted by molar-refractivity contribution is 6.29. The maximum absolute atomic E-state index is 12.2. The van der Waals surface area contributed by atoms with Crippen molar-refractivity contribution in [3.05, 3.63) is 23.0 Å². The Kier molecular flexibility index (Phi) is 3.21. The zero-order valence-electron chi connectivity index (χ0n) is 10.4. The third-order valence-electron chi connectivity index (χ3n) is 3.42. The highest BCUT2D eigenvalue weighted by Crippen LogP contribution is 2.30. The van der Waals surface area contributed by atoms with Crippen molar-refractivity contribution < 1.29 is 9.90 Å². The molecule has 98 valence electrons. The molecule has 1 aliphatic heterocycles. The Bertz CT molecular complexity index is 484. The van der Waals surface area contributed by atoms with Gasteiger partial charge in [-0.2, -0.15) is 0 Å². The molecule has 1 aromatic rings. The van der Waals surface area contributed by atoms with Gasteiger partial charge in [-0.3, -0.25) is 4.79 Å². The maximum atomic E-state index is 12.2. The molecule has 1 fully saturated rings. The molecule has 2 heterocycles. The number of β-amino-alcohol motifs (C(OH)–C–C–N with tert-alkyl or cyclic N) is 1. The molecule has 0 radical (unpaired) electrons. The van der Waals surface area contributed by atoms with E-state index in [9.17, 15) is 9.90 Å². The molecule has 1 amide bonds. The Balaban J connectivity index is 2.13. The number of halogens is 1. The van der Waals surface area contributed by atoms with Gasteiger partial charge in [-0.05, 0) is 12.0 Å². The molecule has 0 unspecified atom stereocenters. The number of nitrogens with two attached hydrogens (primary N) is 1. The Morgan fingerprint density at radius 2 is 2.22 bits per heavy atom. The second-order valence-corrected chi connectivity index (χ2v) is 5.40. The van der Waals surface area contributed by atoms with E-state index in [2.05, 4.69) is 4.98 Å².